The molecule has 1 saturated heterocycles. The molecule has 5 nitrogen and oxygen atoms in total. The zero-order valence-electron chi connectivity index (χ0n) is 12.8. The Balaban J connectivity index is 1.57. The molecule has 0 saturated carbocycles. The van der Waals surface area contributed by atoms with Crippen LogP contribution in [0.2, 0.25) is 0 Å². The lowest BCUT2D eigenvalue weighted by Crippen LogP contribution is -2.49. The van der Waals surface area contributed by atoms with Crippen molar-refractivity contribution in [2.45, 2.75) is 13.3 Å². The summed E-state index contributed by atoms with van der Waals surface area (Å²) in [5.74, 6) is 0.941. The fraction of sp³-hybridized carbons (Fsp3) is 0.353. The second-order valence-electron chi connectivity index (χ2n) is 5.52. The highest BCUT2D eigenvalue weighted by molar-refractivity contribution is 5.79. The summed E-state index contributed by atoms with van der Waals surface area (Å²) in [5.41, 5.74) is 2.29. The van der Waals surface area contributed by atoms with Crippen molar-refractivity contribution in [3.8, 4) is 0 Å². The van der Waals surface area contributed by atoms with Crippen LogP contribution in [-0.2, 0) is 11.2 Å². The second-order valence-corrected chi connectivity index (χ2v) is 5.52. The number of hydrogen-bond donors (Lipinski definition) is 0. The van der Waals surface area contributed by atoms with Gasteiger partial charge in [-0.1, -0.05) is 24.3 Å². The number of anilines is 1. The van der Waals surface area contributed by atoms with E-state index in [2.05, 4.69) is 14.9 Å². The summed E-state index contributed by atoms with van der Waals surface area (Å²) in [6.45, 7) is 5.06. The highest BCUT2D eigenvalue weighted by atomic mass is 16.2. The fourth-order valence-electron chi connectivity index (χ4n) is 2.69. The van der Waals surface area contributed by atoms with Crippen LogP contribution >= 0.6 is 0 Å². The smallest absolute Gasteiger partial charge is 0.227 e. The van der Waals surface area contributed by atoms with Crippen LogP contribution in [0.15, 0.2) is 42.7 Å². The number of nitrogens with zero attached hydrogens (tertiary/aromatic N) is 4. The van der Waals surface area contributed by atoms with Crippen LogP contribution in [0.5, 0.6) is 0 Å². The van der Waals surface area contributed by atoms with Crippen molar-refractivity contribution in [2.75, 3.05) is 31.1 Å². The number of carbonyl (C=O) groups excluding carboxylic acids is 1. The number of piperazine rings is 1. The first-order valence-electron chi connectivity index (χ1n) is 7.58. The van der Waals surface area contributed by atoms with Crippen molar-refractivity contribution in [2.24, 2.45) is 0 Å². The highest BCUT2D eigenvalue weighted by Gasteiger charge is 2.22. The first kappa shape index (κ1) is 14.5. The minimum atomic E-state index is 0.197. The third-order valence-corrected chi connectivity index (χ3v) is 4.07. The molecule has 2 aromatic rings. The van der Waals surface area contributed by atoms with Gasteiger partial charge in [0.25, 0.3) is 0 Å². The van der Waals surface area contributed by atoms with E-state index in [4.69, 9.17) is 0 Å². The summed E-state index contributed by atoms with van der Waals surface area (Å²) < 4.78 is 0. The van der Waals surface area contributed by atoms with Crippen LogP contribution in [0.3, 0.4) is 0 Å². The van der Waals surface area contributed by atoms with E-state index in [0.29, 0.717) is 6.42 Å². The Morgan fingerprint density at radius 3 is 2.41 bits per heavy atom. The molecule has 0 atom stereocenters. The van der Waals surface area contributed by atoms with E-state index in [-0.39, 0.29) is 5.91 Å². The lowest BCUT2D eigenvalue weighted by molar-refractivity contribution is -0.130. The molecule has 0 radical (unpaired) electrons. The lowest BCUT2D eigenvalue weighted by atomic mass is 10.1. The number of aryl methyl sites for hydroxylation is 1. The van der Waals surface area contributed by atoms with E-state index in [1.54, 1.807) is 12.4 Å². The standard InChI is InChI=1S/C17H20N4O/c1-14-5-2-3-6-15(14)13-16(22)20-9-11-21(12-10-20)17-18-7-4-8-19-17/h2-8H,9-13H2,1H3. The van der Waals surface area contributed by atoms with E-state index >= 15 is 0 Å². The van der Waals surface area contributed by atoms with Gasteiger partial charge in [-0.2, -0.15) is 0 Å². The van der Waals surface area contributed by atoms with Crippen molar-refractivity contribution >= 4 is 11.9 Å². The summed E-state index contributed by atoms with van der Waals surface area (Å²) in [5, 5.41) is 0. The minimum Gasteiger partial charge on any atom is -0.339 e. The Labute approximate surface area is 130 Å². The SMILES string of the molecule is Cc1ccccc1CC(=O)N1CCN(c2ncccn2)CC1. The topological polar surface area (TPSA) is 49.3 Å². The van der Waals surface area contributed by atoms with E-state index in [0.717, 1.165) is 37.7 Å². The van der Waals surface area contributed by atoms with Gasteiger partial charge in [-0.05, 0) is 24.1 Å². The monoisotopic (exact) mass is 296 g/mol. The minimum absolute atomic E-state index is 0.197. The van der Waals surface area contributed by atoms with Crippen LogP contribution in [0.25, 0.3) is 0 Å². The number of benzene rings is 1. The maximum absolute atomic E-state index is 12.4. The summed E-state index contributed by atoms with van der Waals surface area (Å²) in [7, 11) is 0. The molecule has 22 heavy (non-hydrogen) atoms. The molecule has 5 heteroatoms. The van der Waals surface area contributed by atoms with E-state index in [1.165, 1.54) is 5.56 Å². The van der Waals surface area contributed by atoms with Crippen molar-refractivity contribution in [1.82, 2.24) is 14.9 Å². The molecule has 1 aromatic heterocycles. The summed E-state index contributed by atoms with van der Waals surface area (Å²) in [6, 6.07) is 9.88. The Morgan fingerprint density at radius 1 is 1.05 bits per heavy atom. The van der Waals surface area contributed by atoms with Crippen LogP contribution in [0.4, 0.5) is 5.95 Å². The third kappa shape index (κ3) is 3.24. The number of rotatable bonds is 3. The van der Waals surface area contributed by atoms with Gasteiger partial charge < -0.3 is 9.80 Å². The highest BCUT2D eigenvalue weighted by Crippen LogP contribution is 2.13. The summed E-state index contributed by atoms with van der Waals surface area (Å²) in [4.78, 5) is 25.0. The van der Waals surface area contributed by atoms with Gasteiger partial charge in [0.1, 0.15) is 0 Å². The lowest BCUT2D eigenvalue weighted by Gasteiger charge is -2.34. The molecule has 0 aliphatic carbocycles. The molecule has 2 heterocycles. The molecular weight excluding hydrogens is 276 g/mol. The van der Waals surface area contributed by atoms with Gasteiger partial charge in [0.05, 0.1) is 6.42 Å². The average Bonchev–Trinajstić information content (AvgIpc) is 2.58. The van der Waals surface area contributed by atoms with Crippen molar-refractivity contribution in [1.29, 1.82) is 0 Å². The fourth-order valence-corrected chi connectivity index (χ4v) is 2.69. The van der Waals surface area contributed by atoms with Gasteiger partial charge in [0, 0.05) is 38.6 Å². The number of carbonyl (C=O) groups is 1. The van der Waals surface area contributed by atoms with Crippen molar-refractivity contribution in [3.05, 3.63) is 53.9 Å². The van der Waals surface area contributed by atoms with Crippen molar-refractivity contribution < 1.29 is 4.79 Å². The molecular formula is C17H20N4O. The molecule has 3 rings (SSSR count). The Hall–Kier alpha value is -2.43. The summed E-state index contributed by atoms with van der Waals surface area (Å²) >= 11 is 0. The maximum Gasteiger partial charge on any atom is 0.227 e. The van der Waals surface area contributed by atoms with Crippen LogP contribution in [0.1, 0.15) is 11.1 Å². The zero-order chi connectivity index (χ0) is 15.4. The first-order chi connectivity index (χ1) is 10.7. The molecule has 1 fully saturated rings. The zero-order valence-corrected chi connectivity index (χ0v) is 12.8. The number of amides is 1. The number of hydrogen-bond acceptors (Lipinski definition) is 4. The van der Waals surface area contributed by atoms with Crippen molar-refractivity contribution in [3.63, 3.8) is 0 Å². The molecule has 1 aliphatic rings. The molecule has 0 spiro atoms. The van der Waals surface area contributed by atoms with Gasteiger partial charge in [0.2, 0.25) is 11.9 Å². The largest absolute Gasteiger partial charge is 0.339 e. The quantitative estimate of drug-likeness (QED) is 0.864. The van der Waals surface area contributed by atoms with Crippen LogP contribution in [0, 0.1) is 6.92 Å². The average molecular weight is 296 g/mol. The van der Waals surface area contributed by atoms with E-state index < -0.39 is 0 Å². The van der Waals surface area contributed by atoms with Gasteiger partial charge in [-0.3, -0.25) is 4.79 Å². The number of aromatic nitrogens is 2. The van der Waals surface area contributed by atoms with Gasteiger partial charge in [0.15, 0.2) is 0 Å². The Morgan fingerprint density at radius 2 is 1.73 bits per heavy atom. The van der Waals surface area contributed by atoms with Gasteiger partial charge in [-0.25, -0.2) is 9.97 Å². The van der Waals surface area contributed by atoms with E-state index in [9.17, 15) is 4.79 Å². The van der Waals surface area contributed by atoms with Gasteiger partial charge >= 0.3 is 0 Å². The molecule has 1 aliphatic heterocycles. The molecule has 1 aromatic carbocycles. The first-order valence-corrected chi connectivity index (χ1v) is 7.58. The third-order valence-electron chi connectivity index (χ3n) is 4.07. The van der Waals surface area contributed by atoms with Crippen LogP contribution in [-0.4, -0.2) is 47.0 Å². The van der Waals surface area contributed by atoms with Gasteiger partial charge in [-0.15, -0.1) is 0 Å². The molecule has 0 bridgehead atoms. The Kier molecular flexibility index (Phi) is 4.32. The molecule has 1 amide bonds. The predicted molar refractivity (Wildman–Crippen MR) is 85.7 cm³/mol. The molecule has 114 valence electrons. The van der Waals surface area contributed by atoms with Crippen LogP contribution < -0.4 is 4.90 Å². The normalized spacial score (nSPS) is 15.0. The molecule has 0 N–H and O–H groups in total. The predicted octanol–water partition coefficient (Wildman–Crippen LogP) is 1.68. The Bertz CT molecular complexity index is 636. The molecule has 0 unspecified atom stereocenters. The second kappa shape index (κ2) is 6.56. The van der Waals surface area contributed by atoms with E-state index in [1.807, 2.05) is 42.2 Å². The summed E-state index contributed by atoms with van der Waals surface area (Å²) in [6.07, 6.45) is 3.98. The maximum atomic E-state index is 12.4.